The molecule has 2 aromatic rings. The van der Waals surface area contributed by atoms with Crippen molar-refractivity contribution in [2.24, 2.45) is 0 Å². The largest absolute Gasteiger partial charge is 0.493 e. The second-order valence-electron chi connectivity index (χ2n) is 6.60. The van der Waals surface area contributed by atoms with Crippen LogP contribution in [-0.2, 0) is 4.79 Å². The number of carbonyl (C=O) groups excluding carboxylic acids is 2. The second-order valence-corrected chi connectivity index (χ2v) is 6.60. The van der Waals surface area contributed by atoms with Crippen molar-refractivity contribution in [2.45, 2.75) is 13.8 Å². The van der Waals surface area contributed by atoms with Crippen molar-refractivity contribution in [1.29, 1.82) is 0 Å². The first kappa shape index (κ1) is 24.4. The average Bonchev–Trinajstić information content (AvgIpc) is 2.81. The number of ketones is 1. The highest BCUT2D eigenvalue weighted by atomic mass is 16.6. The van der Waals surface area contributed by atoms with Gasteiger partial charge in [0.05, 0.1) is 30.8 Å². The third-order valence-corrected chi connectivity index (χ3v) is 4.76. The van der Waals surface area contributed by atoms with E-state index in [9.17, 15) is 19.7 Å². The van der Waals surface area contributed by atoms with Crippen LogP contribution >= 0.6 is 0 Å². The lowest BCUT2D eigenvalue weighted by atomic mass is 10.1. The predicted molar refractivity (Wildman–Crippen MR) is 119 cm³/mol. The molecule has 0 aliphatic heterocycles. The fourth-order valence-corrected chi connectivity index (χ4v) is 2.97. The topological polar surface area (TPSA) is 108 Å². The quantitative estimate of drug-likeness (QED) is 0.226. The Morgan fingerprint density at radius 1 is 1.03 bits per heavy atom. The lowest BCUT2D eigenvalue weighted by Crippen LogP contribution is -2.34. The molecular weight excluding hydrogens is 416 g/mol. The number of carbonyl (C=O) groups is 2. The number of hydrogen-bond donors (Lipinski definition) is 0. The fraction of sp³-hybridized carbons (Fsp3) is 0.304. The Labute approximate surface area is 186 Å². The second kappa shape index (κ2) is 11.5. The molecule has 2 aromatic carbocycles. The van der Waals surface area contributed by atoms with Crippen molar-refractivity contribution in [3.63, 3.8) is 0 Å². The van der Waals surface area contributed by atoms with E-state index < -0.39 is 4.92 Å². The van der Waals surface area contributed by atoms with E-state index in [1.807, 2.05) is 13.8 Å². The van der Waals surface area contributed by atoms with Crippen LogP contribution in [0.3, 0.4) is 0 Å². The first-order valence-electron chi connectivity index (χ1n) is 9.98. The number of benzene rings is 2. The van der Waals surface area contributed by atoms with Gasteiger partial charge in [-0.3, -0.25) is 19.7 Å². The Morgan fingerprint density at radius 3 is 2.16 bits per heavy atom. The maximum atomic E-state index is 12.5. The summed E-state index contributed by atoms with van der Waals surface area (Å²) >= 11 is 0. The fourth-order valence-electron chi connectivity index (χ4n) is 2.97. The van der Waals surface area contributed by atoms with Gasteiger partial charge in [0.1, 0.15) is 5.75 Å². The molecule has 0 atom stereocenters. The molecule has 0 aliphatic carbocycles. The molecule has 1 amide bonds. The summed E-state index contributed by atoms with van der Waals surface area (Å²) in [6.07, 6.45) is 2.60. The molecule has 9 nitrogen and oxygen atoms in total. The number of nitro groups is 1. The molecular formula is C23H26N2O7. The zero-order valence-electron chi connectivity index (χ0n) is 18.5. The van der Waals surface area contributed by atoms with Gasteiger partial charge < -0.3 is 19.1 Å². The molecule has 32 heavy (non-hydrogen) atoms. The Kier molecular flexibility index (Phi) is 8.76. The van der Waals surface area contributed by atoms with E-state index in [0.717, 1.165) is 0 Å². The molecule has 0 unspecified atom stereocenters. The Hall–Kier alpha value is -3.88. The summed E-state index contributed by atoms with van der Waals surface area (Å²) in [5.41, 5.74) is 0.357. The number of ether oxygens (including phenoxy) is 3. The number of nitro benzene ring substituents is 1. The van der Waals surface area contributed by atoms with Crippen LogP contribution in [0, 0.1) is 10.1 Å². The standard InChI is InChI=1S/C23H26N2O7/c1-5-24(6-2)23(27)15-32-18-10-7-16(8-11-18)20(26)12-9-17-13-21(30-3)22(31-4)14-19(17)25(28)29/h7-14H,5-6,15H2,1-4H3/b12-9+. The molecule has 0 bridgehead atoms. The van der Waals surface area contributed by atoms with E-state index in [1.54, 1.807) is 29.2 Å². The summed E-state index contributed by atoms with van der Waals surface area (Å²) < 4.78 is 15.8. The van der Waals surface area contributed by atoms with Crippen LogP contribution in [0.15, 0.2) is 42.5 Å². The van der Waals surface area contributed by atoms with E-state index in [2.05, 4.69) is 0 Å². The molecule has 0 heterocycles. The van der Waals surface area contributed by atoms with Gasteiger partial charge in [0.25, 0.3) is 11.6 Å². The summed E-state index contributed by atoms with van der Waals surface area (Å²) in [6, 6.07) is 8.99. The number of rotatable bonds is 11. The van der Waals surface area contributed by atoms with Crippen molar-refractivity contribution in [1.82, 2.24) is 4.90 Å². The minimum Gasteiger partial charge on any atom is -0.493 e. The molecule has 0 aromatic heterocycles. The lowest BCUT2D eigenvalue weighted by Gasteiger charge is -2.18. The lowest BCUT2D eigenvalue weighted by molar-refractivity contribution is -0.385. The Bertz CT molecular complexity index is 996. The molecule has 2 rings (SSSR count). The maximum Gasteiger partial charge on any atom is 0.280 e. The van der Waals surface area contributed by atoms with Crippen LogP contribution in [0.4, 0.5) is 5.69 Å². The number of allylic oxidation sites excluding steroid dienone is 1. The third-order valence-electron chi connectivity index (χ3n) is 4.76. The third kappa shape index (κ3) is 6.07. The number of nitrogens with zero attached hydrogens (tertiary/aromatic N) is 2. The van der Waals surface area contributed by atoms with Crippen molar-refractivity contribution < 1.29 is 28.7 Å². The molecule has 0 spiro atoms. The van der Waals surface area contributed by atoms with Crippen molar-refractivity contribution in [3.05, 3.63) is 63.7 Å². The van der Waals surface area contributed by atoms with Gasteiger partial charge >= 0.3 is 0 Å². The van der Waals surface area contributed by atoms with Gasteiger partial charge in [0.2, 0.25) is 0 Å². The van der Waals surface area contributed by atoms with Gasteiger partial charge in [-0.2, -0.15) is 0 Å². The van der Waals surface area contributed by atoms with Gasteiger partial charge in [-0.15, -0.1) is 0 Å². The molecule has 0 N–H and O–H groups in total. The van der Waals surface area contributed by atoms with Crippen molar-refractivity contribution >= 4 is 23.5 Å². The van der Waals surface area contributed by atoms with Gasteiger partial charge in [-0.05, 0) is 56.3 Å². The van der Waals surface area contributed by atoms with Crippen LogP contribution in [0.5, 0.6) is 17.2 Å². The summed E-state index contributed by atoms with van der Waals surface area (Å²) in [4.78, 5) is 37.0. The average molecular weight is 442 g/mol. The molecule has 9 heteroatoms. The minimum atomic E-state index is -0.558. The Balaban J connectivity index is 2.13. The molecule has 0 aliphatic rings. The monoisotopic (exact) mass is 442 g/mol. The highest BCUT2D eigenvalue weighted by Gasteiger charge is 2.18. The van der Waals surface area contributed by atoms with Gasteiger partial charge in [-0.1, -0.05) is 0 Å². The minimum absolute atomic E-state index is 0.0855. The van der Waals surface area contributed by atoms with E-state index in [0.29, 0.717) is 30.2 Å². The van der Waals surface area contributed by atoms with Crippen LogP contribution in [0.2, 0.25) is 0 Å². The van der Waals surface area contributed by atoms with Crippen LogP contribution in [0.1, 0.15) is 29.8 Å². The first-order chi connectivity index (χ1) is 15.3. The molecule has 0 saturated heterocycles. The maximum absolute atomic E-state index is 12.5. The van der Waals surface area contributed by atoms with Crippen LogP contribution in [0.25, 0.3) is 6.08 Å². The smallest absolute Gasteiger partial charge is 0.280 e. The van der Waals surface area contributed by atoms with E-state index >= 15 is 0 Å². The predicted octanol–water partition coefficient (Wildman–Crippen LogP) is 3.76. The summed E-state index contributed by atoms with van der Waals surface area (Å²) in [5, 5.41) is 11.4. The Morgan fingerprint density at radius 2 is 1.62 bits per heavy atom. The van der Waals surface area contributed by atoms with E-state index in [4.69, 9.17) is 14.2 Å². The number of methoxy groups -OCH3 is 2. The summed E-state index contributed by atoms with van der Waals surface area (Å²) in [5.74, 6) is 0.528. The molecule has 0 saturated carbocycles. The SMILES string of the molecule is CCN(CC)C(=O)COc1ccc(C(=O)/C=C/c2cc(OC)c(OC)cc2[N+](=O)[O-])cc1. The molecule has 0 radical (unpaired) electrons. The van der Waals surface area contributed by atoms with Gasteiger partial charge in [0, 0.05) is 18.7 Å². The van der Waals surface area contributed by atoms with E-state index in [-0.39, 0.29) is 35.3 Å². The van der Waals surface area contributed by atoms with Crippen molar-refractivity contribution in [2.75, 3.05) is 33.9 Å². The highest BCUT2D eigenvalue weighted by molar-refractivity contribution is 6.07. The number of amides is 1. The zero-order chi connectivity index (χ0) is 23.7. The highest BCUT2D eigenvalue weighted by Crippen LogP contribution is 2.35. The normalized spacial score (nSPS) is 10.6. The van der Waals surface area contributed by atoms with E-state index in [1.165, 1.54) is 38.5 Å². The molecule has 170 valence electrons. The summed E-state index contributed by atoms with van der Waals surface area (Å²) in [7, 11) is 2.80. The first-order valence-corrected chi connectivity index (χ1v) is 9.98. The number of hydrogen-bond acceptors (Lipinski definition) is 7. The molecule has 0 fully saturated rings. The van der Waals surface area contributed by atoms with Crippen molar-refractivity contribution in [3.8, 4) is 17.2 Å². The van der Waals surface area contributed by atoms with Gasteiger partial charge in [-0.25, -0.2) is 0 Å². The number of likely N-dealkylation sites (N-methyl/N-ethyl adjacent to an activating group) is 1. The van der Waals surface area contributed by atoms with Crippen LogP contribution in [-0.4, -0.2) is 55.4 Å². The summed E-state index contributed by atoms with van der Waals surface area (Å²) in [6.45, 7) is 4.92. The van der Waals surface area contributed by atoms with Gasteiger partial charge in [0.15, 0.2) is 23.9 Å². The zero-order valence-corrected chi connectivity index (χ0v) is 18.5. The van der Waals surface area contributed by atoms with Crippen LogP contribution < -0.4 is 14.2 Å².